The van der Waals surface area contributed by atoms with Crippen LogP contribution in [-0.4, -0.2) is 39.9 Å². The number of ether oxygens (including phenoxy) is 3. The second-order valence-corrected chi connectivity index (χ2v) is 4.39. The summed E-state index contributed by atoms with van der Waals surface area (Å²) in [5.41, 5.74) is 1.12. The minimum absolute atomic E-state index is 0.115. The topological polar surface area (TPSA) is 48.0 Å². The van der Waals surface area contributed by atoms with E-state index in [4.69, 9.17) is 9.47 Å². The van der Waals surface area contributed by atoms with Gasteiger partial charge < -0.3 is 19.1 Å². The molecular weight excluding hydrogens is 246 g/mol. The molecule has 1 aliphatic rings. The van der Waals surface area contributed by atoms with Gasteiger partial charge in [0.25, 0.3) is 0 Å². The highest BCUT2D eigenvalue weighted by atomic mass is 16.6. The molecule has 0 saturated carbocycles. The highest BCUT2D eigenvalue weighted by Gasteiger charge is 2.15. The summed E-state index contributed by atoms with van der Waals surface area (Å²) in [7, 11) is 2.92. The summed E-state index contributed by atoms with van der Waals surface area (Å²) in [6, 6.07) is 5.76. The van der Waals surface area contributed by atoms with Gasteiger partial charge in [-0.3, -0.25) is 0 Å². The Morgan fingerprint density at radius 2 is 1.95 bits per heavy atom. The highest BCUT2D eigenvalue weighted by Crippen LogP contribution is 2.33. The third-order valence-electron chi connectivity index (χ3n) is 3.19. The molecule has 2 rings (SSSR count). The SMILES string of the molecule is COC(=O)COc1ccc(N2CCCC2)cc1OC. The van der Waals surface area contributed by atoms with Crippen molar-refractivity contribution in [3.63, 3.8) is 0 Å². The first-order valence-corrected chi connectivity index (χ1v) is 6.37. The molecule has 5 nitrogen and oxygen atoms in total. The molecule has 0 amide bonds. The van der Waals surface area contributed by atoms with Crippen LogP contribution in [0.3, 0.4) is 0 Å². The number of hydrogen-bond donors (Lipinski definition) is 0. The van der Waals surface area contributed by atoms with Crippen molar-refractivity contribution < 1.29 is 19.0 Å². The summed E-state index contributed by atoms with van der Waals surface area (Å²) < 4.78 is 15.2. The monoisotopic (exact) mass is 265 g/mol. The summed E-state index contributed by atoms with van der Waals surface area (Å²) >= 11 is 0. The van der Waals surface area contributed by atoms with Crippen LogP contribution in [0.1, 0.15) is 12.8 Å². The van der Waals surface area contributed by atoms with E-state index in [-0.39, 0.29) is 6.61 Å². The van der Waals surface area contributed by atoms with Gasteiger partial charge in [0.05, 0.1) is 14.2 Å². The van der Waals surface area contributed by atoms with Crippen LogP contribution in [0.2, 0.25) is 0 Å². The molecule has 0 aromatic heterocycles. The van der Waals surface area contributed by atoms with Crippen LogP contribution >= 0.6 is 0 Å². The summed E-state index contributed by atoms with van der Waals surface area (Å²) in [5.74, 6) is 0.773. The maximum absolute atomic E-state index is 11.1. The largest absolute Gasteiger partial charge is 0.493 e. The van der Waals surface area contributed by atoms with E-state index < -0.39 is 5.97 Å². The van der Waals surface area contributed by atoms with E-state index in [0.29, 0.717) is 11.5 Å². The van der Waals surface area contributed by atoms with Crippen molar-refractivity contribution in [1.29, 1.82) is 0 Å². The lowest BCUT2D eigenvalue weighted by molar-refractivity contribution is -0.142. The van der Waals surface area contributed by atoms with Gasteiger partial charge >= 0.3 is 5.97 Å². The van der Waals surface area contributed by atoms with Crippen LogP contribution in [0, 0.1) is 0 Å². The molecule has 5 heteroatoms. The second kappa shape index (κ2) is 6.31. The van der Waals surface area contributed by atoms with Gasteiger partial charge in [0, 0.05) is 24.8 Å². The number of carbonyl (C=O) groups excluding carboxylic acids is 1. The lowest BCUT2D eigenvalue weighted by Gasteiger charge is -2.19. The van der Waals surface area contributed by atoms with Crippen LogP contribution in [0.25, 0.3) is 0 Å². The molecule has 1 aliphatic heterocycles. The normalized spacial score (nSPS) is 14.3. The van der Waals surface area contributed by atoms with Crippen molar-refractivity contribution in [2.45, 2.75) is 12.8 Å². The van der Waals surface area contributed by atoms with E-state index in [9.17, 15) is 4.79 Å². The number of nitrogens with zero attached hydrogens (tertiary/aromatic N) is 1. The van der Waals surface area contributed by atoms with Gasteiger partial charge in [0.1, 0.15) is 0 Å². The predicted octanol–water partition coefficient (Wildman–Crippen LogP) is 1.85. The van der Waals surface area contributed by atoms with Crippen molar-refractivity contribution in [2.24, 2.45) is 0 Å². The first-order chi connectivity index (χ1) is 9.24. The quantitative estimate of drug-likeness (QED) is 0.760. The van der Waals surface area contributed by atoms with Gasteiger partial charge in [-0.15, -0.1) is 0 Å². The van der Waals surface area contributed by atoms with Crippen LogP contribution in [-0.2, 0) is 9.53 Å². The van der Waals surface area contributed by atoms with E-state index in [0.717, 1.165) is 18.8 Å². The number of methoxy groups -OCH3 is 2. The van der Waals surface area contributed by atoms with Crippen molar-refractivity contribution in [3.05, 3.63) is 18.2 Å². The number of carbonyl (C=O) groups is 1. The van der Waals surface area contributed by atoms with E-state index in [1.54, 1.807) is 7.11 Å². The van der Waals surface area contributed by atoms with Crippen LogP contribution < -0.4 is 14.4 Å². The second-order valence-electron chi connectivity index (χ2n) is 4.39. The molecule has 0 atom stereocenters. The standard InChI is InChI=1S/C14H19NO4/c1-17-13-9-11(15-7-3-4-8-15)5-6-12(13)19-10-14(16)18-2/h5-6,9H,3-4,7-8,10H2,1-2H3. The first-order valence-electron chi connectivity index (χ1n) is 6.37. The Labute approximate surface area is 113 Å². The predicted molar refractivity (Wildman–Crippen MR) is 72.0 cm³/mol. The smallest absolute Gasteiger partial charge is 0.343 e. The van der Waals surface area contributed by atoms with Crippen LogP contribution in [0.15, 0.2) is 18.2 Å². The van der Waals surface area contributed by atoms with Gasteiger partial charge in [-0.1, -0.05) is 0 Å². The number of esters is 1. The third-order valence-corrected chi connectivity index (χ3v) is 3.19. The number of hydrogen-bond acceptors (Lipinski definition) is 5. The Hall–Kier alpha value is -1.91. The molecule has 1 fully saturated rings. The molecule has 1 heterocycles. The van der Waals surface area contributed by atoms with Gasteiger partial charge in [-0.25, -0.2) is 4.79 Å². The number of anilines is 1. The van der Waals surface area contributed by atoms with Crippen molar-refractivity contribution in [2.75, 3.05) is 38.8 Å². The van der Waals surface area contributed by atoms with Crippen molar-refractivity contribution >= 4 is 11.7 Å². The lowest BCUT2D eigenvalue weighted by Crippen LogP contribution is -2.17. The molecule has 1 aromatic carbocycles. The summed E-state index contributed by atoms with van der Waals surface area (Å²) in [4.78, 5) is 13.4. The van der Waals surface area contributed by atoms with E-state index >= 15 is 0 Å². The molecule has 0 bridgehead atoms. The zero-order chi connectivity index (χ0) is 13.7. The van der Waals surface area contributed by atoms with E-state index in [1.807, 2.05) is 18.2 Å². The summed E-state index contributed by atoms with van der Waals surface area (Å²) in [6.07, 6.45) is 2.45. The van der Waals surface area contributed by atoms with Crippen LogP contribution in [0.5, 0.6) is 11.5 Å². The van der Waals surface area contributed by atoms with Crippen LogP contribution in [0.4, 0.5) is 5.69 Å². The molecule has 104 valence electrons. The number of benzene rings is 1. The average molecular weight is 265 g/mol. The minimum Gasteiger partial charge on any atom is -0.493 e. The molecule has 0 aliphatic carbocycles. The minimum atomic E-state index is -0.411. The molecule has 0 unspecified atom stereocenters. The summed E-state index contributed by atoms with van der Waals surface area (Å²) in [6.45, 7) is 2.03. The van der Waals surface area contributed by atoms with Gasteiger partial charge in [-0.2, -0.15) is 0 Å². The third kappa shape index (κ3) is 3.30. The Bertz CT molecular complexity index is 441. The lowest BCUT2D eigenvalue weighted by atomic mass is 10.2. The molecule has 0 spiro atoms. The molecule has 0 radical (unpaired) electrons. The van der Waals surface area contributed by atoms with Crippen molar-refractivity contribution in [3.8, 4) is 11.5 Å². The Balaban J connectivity index is 2.09. The Morgan fingerprint density at radius 3 is 2.58 bits per heavy atom. The average Bonchev–Trinajstić information content (AvgIpc) is 2.98. The van der Waals surface area contributed by atoms with Gasteiger partial charge in [-0.05, 0) is 25.0 Å². The van der Waals surface area contributed by atoms with E-state index in [1.165, 1.54) is 20.0 Å². The van der Waals surface area contributed by atoms with Gasteiger partial charge in [0.15, 0.2) is 18.1 Å². The summed E-state index contributed by atoms with van der Waals surface area (Å²) in [5, 5.41) is 0. The van der Waals surface area contributed by atoms with Crippen molar-refractivity contribution in [1.82, 2.24) is 0 Å². The molecule has 0 N–H and O–H groups in total. The maximum Gasteiger partial charge on any atom is 0.343 e. The highest BCUT2D eigenvalue weighted by molar-refractivity contribution is 5.71. The maximum atomic E-state index is 11.1. The fourth-order valence-electron chi connectivity index (χ4n) is 2.14. The Kier molecular flexibility index (Phi) is 4.49. The first kappa shape index (κ1) is 13.5. The fraction of sp³-hybridized carbons (Fsp3) is 0.500. The molecule has 1 aromatic rings. The zero-order valence-electron chi connectivity index (χ0n) is 11.3. The fourth-order valence-corrected chi connectivity index (χ4v) is 2.14. The Morgan fingerprint density at radius 1 is 1.21 bits per heavy atom. The molecular formula is C14H19NO4. The van der Waals surface area contributed by atoms with E-state index in [2.05, 4.69) is 9.64 Å². The number of rotatable bonds is 5. The van der Waals surface area contributed by atoms with Gasteiger partial charge in [0.2, 0.25) is 0 Å². The zero-order valence-corrected chi connectivity index (χ0v) is 11.3. The molecule has 19 heavy (non-hydrogen) atoms. The molecule has 1 saturated heterocycles.